The van der Waals surface area contributed by atoms with E-state index >= 15 is 0 Å². The summed E-state index contributed by atoms with van der Waals surface area (Å²) in [6.45, 7) is 0. The second kappa shape index (κ2) is 8.57. The van der Waals surface area contributed by atoms with Gasteiger partial charge in [-0.25, -0.2) is 0 Å². The first-order valence-corrected chi connectivity index (χ1v) is 9.34. The van der Waals surface area contributed by atoms with Gasteiger partial charge in [0.05, 0.1) is 12.7 Å². The number of carbonyl (C=O) groups excluding carboxylic acids is 1. The minimum atomic E-state index is -0.926. The molecule has 0 radical (unpaired) electrons. The molecule has 6 heteroatoms. The third-order valence-electron chi connectivity index (χ3n) is 4.08. The van der Waals surface area contributed by atoms with E-state index in [1.807, 2.05) is 30.3 Å². The predicted molar refractivity (Wildman–Crippen MR) is 111 cm³/mol. The van der Waals surface area contributed by atoms with Gasteiger partial charge in [-0.3, -0.25) is 4.79 Å². The Morgan fingerprint density at radius 1 is 1.11 bits per heavy atom. The molecule has 0 saturated heterocycles. The topological polar surface area (TPSA) is 58.6 Å². The van der Waals surface area contributed by atoms with Crippen molar-refractivity contribution in [2.24, 2.45) is 0 Å². The quantitative estimate of drug-likeness (QED) is 0.548. The number of anilines is 1. The summed E-state index contributed by atoms with van der Waals surface area (Å²) in [5, 5.41) is 14.1. The summed E-state index contributed by atoms with van der Waals surface area (Å²) >= 11 is 9.48. The summed E-state index contributed by atoms with van der Waals surface area (Å²) in [6.07, 6.45) is -0.926. The highest BCUT2D eigenvalue weighted by Gasteiger charge is 2.19. The summed E-state index contributed by atoms with van der Waals surface area (Å²) in [7, 11) is 1.51. The number of hydrogen-bond acceptors (Lipinski definition) is 3. The molecule has 4 nitrogen and oxygen atoms in total. The van der Waals surface area contributed by atoms with Crippen molar-refractivity contribution in [3.05, 3.63) is 92.9 Å². The normalized spacial score (nSPS) is 11.7. The number of carbonyl (C=O) groups is 1. The number of ether oxygens (including phenoxy) is 1. The van der Waals surface area contributed by atoms with Crippen molar-refractivity contribution in [1.29, 1.82) is 0 Å². The average molecular weight is 447 g/mol. The van der Waals surface area contributed by atoms with Crippen molar-refractivity contribution in [2.45, 2.75) is 6.10 Å². The standard InChI is InChI=1S/C21H17BrClNO3/c1-27-19-10-7-14(22)11-17(19)21(26)24-18-9-8-15(23)12-16(18)20(25)13-5-3-2-4-6-13/h2-12,20,25H,1H3,(H,24,26). The zero-order chi connectivity index (χ0) is 19.4. The van der Waals surface area contributed by atoms with Gasteiger partial charge in [-0.05, 0) is 42.0 Å². The molecule has 0 spiro atoms. The third-order valence-corrected chi connectivity index (χ3v) is 4.81. The summed E-state index contributed by atoms with van der Waals surface area (Å²) in [5.74, 6) is 0.104. The van der Waals surface area contributed by atoms with E-state index < -0.39 is 6.10 Å². The Labute approximate surface area is 170 Å². The third kappa shape index (κ3) is 4.50. The minimum absolute atomic E-state index is 0.350. The van der Waals surface area contributed by atoms with Crippen LogP contribution in [0.3, 0.4) is 0 Å². The summed E-state index contributed by atoms with van der Waals surface area (Å²) in [5.41, 5.74) is 2.07. The van der Waals surface area contributed by atoms with Crippen LogP contribution in [-0.2, 0) is 0 Å². The molecule has 0 fully saturated rings. The van der Waals surface area contributed by atoms with E-state index in [2.05, 4.69) is 21.2 Å². The van der Waals surface area contributed by atoms with Gasteiger partial charge in [-0.15, -0.1) is 0 Å². The second-order valence-electron chi connectivity index (χ2n) is 5.84. The molecule has 1 amide bonds. The van der Waals surface area contributed by atoms with Gasteiger partial charge in [0.2, 0.25) is 0 Å². The molecule has 0 aromatic heterocycles. The highest BCUT2D eigenvalue weighted by molar-refractivity contribution is 9.10. The second-order valence-corrected chi connectivity index (χ2v) is 7.20. The van der Waals surface area contributed by atoms with Gasteiger partial charge < -0.3 is 15.2 Å². The smallest absolute Gasteiger partial charge is 0.259 e. The summed E-state index contributed by atoms with van der Waals surface area (Å²) in [6, 6.07) is 19.3. The number of rotatable bonds is 5. The van der Waals surface area contributed by atoms with Crippen molar-refractivity contribution in [2.75, 3.05) is 12.4 Å². The lowest BCUT2D eigenvalue weighted by molar-refractivity contribution is 0.102. The van der Waals surface area contributed by atoms with Gasteiger partial charge in [0, 0.05) is 20.7 Å². The van der Waals surface area contributed by atoms with Gasteiger partial charge in [-0.2, -0.15) is 0 Å². The van der Waals surface area contributed by atoms with Gasteiger partial charge >= 0.3 is 0 Å². The van der Waals surface area contributed by atoms with Crippen LogP contribution in [-0.4, -0.2) is 18.1 Å². The largest absolute Gasteiger partial charge is 0.496 e. The highest BCUT2D eigenvalue weighted by atomic mass is 79.9. The average Bonchev–Trinajstić information content (AvgIpc) is 2.69. The summed E-state index contributed by atoms with van der Waals surface area (Å²) < 4.78 is 6.03. The zero-order valence-electron chi connectivity index (χ0n) is 14.4. The van der Waals surface area contributed by atoms with Crippen LogP contribution in [0.25, 0.3) is 0 Å². The fourth-order valence-corrected chi connectivity index (χ4v) is 3.28. The number of amides is 1. The lowest BCUT2D eigenvalue weighted by Gasteiger charge is -2.18. The van der Waals surface area contributed by atoms with E-state index in [1.54, 1.807) is 36.4 Å². The van der Waals surface area contributed by atoms with E-state index in [0.29, 0.717) is 33.1 Å². The van der Waals surface area contributed by atoms with E-state index in [0.717, 1.165) is 4.47 Å². The molecule has 0 heterocycles. The van der Waals surface area contributed by atoms with Crippen LogP contribution in [0.2, 0.25) is 5.02 Å². The number of halogens is 2. The maximum Gasteiger partial charge on any atom is 0.259 e. The Kier molecular flexibility index (Phi) is 6.16. The minimum Gasteiger partial charge on any atom is -0.496 e. The first-order valence-electron chi connectivity index (χ1n) is 8.17. The molecule has 0 aliphatic rings. The SMILES string of the molecule is COc1ccc(Br)cc1C(=O)Nc1ccc(Cl)cc1C(O)c1ccccc1. The molecule has 2 N–H and O–H groups in total. The van der Waals surface area contributed by atoms with Crippen molar-refractivity contribution in [1.82, 2.24) is 0 Å². The molecule has 3 aromatic carbocycles. The maximum absolute atomic E-state index is 12.8. The zero-order valence-corrected chi connectivity index (χ0v) is 16.8. The number of aliphatic hydroxyl groups is 1. The van der Waals surface area contributed by atoms with E-state index in [1.165, 1.54) is 7.11 Å². The molecule has 3 rings (SSSR count). The van der Waals surface area contributed by atoms with E-state index in [4.69, 9.17) is 16.3 Å². The number of methoxy groups -OCH3 is 1. The Balaban J connectivity index is 1.96. The van der Waals surface area contributed by atoms with Crippen LogP contribution in [0.5, 0.6) is 5.75 Å². The molecule has 27 heavy (non-hydrogen) atoms. The Hall–Kier alpha value is -2.34. The van der Waals surface area contributed by atoms with Crippen LogP contribution in [0, 0.1) is 0 Å². The monoisotopic (exact) mass is 445 g/mol. The molecule has 1 unspecified atom stereocenters. The Bertz CT molecular complexity index is 963. The van der Waals surface area contributed by atoms with Gasteiger partial charge in [0.1, 0.15) is 11.9 Å². The van der Waals surface area contributed by atoms with Crippen molar-refractivity contribution in [3.63, 3.8) is 0 Å². The number of aliphatic hydroxyl groups excluding tert-OH is 1. The van der Waals surface area contributed by atoms with Crippen LogP contribution < -0.4 is 10.1 Å². The molecule has 0 aliphatic heterocycles. The predicted octanol–water partition coefficient (Wildman–Crippen LogP) is 5.45. The van der Waals surface area contributed by atoms with Crippen LogP contribution in [0.15, 0.2) is 71.2 Å². The van der Waals surface area contributed by atoms with E-state index in [-0.39, 0.29) is 5.91 Å². The highest BCUT2D eigenvalue weighted by Crippen LogP contribution is 2.32. The fourth-order valence-electron chi connectivity index (χ4n) is 2.74. The Morgan fingerprint density at radius 2 is 1.85 bits per heavy atom. The molecule has 0 bridgehead atoms. The number of hydrogen-bond donors (Lipinski definition) is 2. The van der Waals surface area contributed by atoms with Crippen LogP contribution in [0.4, 0.5) is 5.69 Å². The molecule has 138 valence electrons. The van der Waals surface area contributed by atoms with E-state index in [9.17, 15) is 9.90 Å². The Morgan fingerprint density at radius 3 is 2.56 bits per heavy atom. The lowest BCUT2D eigenvalue weighted by Crippen LogP contribution is -2.15. The number of nitrogens with one attached hydrogen (secondary N) is 1. The van der Waals surface area contributed by atoms with Crippen molar-refractivity contribution < 1.29 is 14.6 Å². The molecule has 1 atom stereocenters. The van der Waals surface area contributed by atoms with Crippen molar-refractivity contribution >= 4 is 39.1 Å². The maximum atomic E-state index is 12.8. The molecule has 0 saturated carbocycles. The number of benzene rings is 3. The molecule has 3 aromatic rings. The van der Waals surface area contributed by atoms with Crippen molar-refractivity contribution in [3.8, 4) is 5.75 Å². The summed E-state index contributed by atoms with van der Waals surface area (Å²) in [4.78, 5) is 12.8. The molecular weight excluding hydrogens is 430 g/mol. The molecular formula is C21H17BrClNO3. The first-order chi connectivity index (χ1) is 13.0. The van der Waals surface area contributed by atoms with Gasteiger partial charge in [0.15, 0.2) is 0 Å². The molecule has 0 aliphatic carbocycles. The fraction of sp³-hybridized carbons (Fsp3) is 0.0952. The lowest BCUT2D eigenvalue weighted by atomic mass is 9.99. The first kappa shape index (κ1) is 19.4. The van der Waals surface area contributed by atoms with Gasteiger partial charge in [-0.1, -0.05) is 57.9 Å². The van der Waals surface area contributed by atoms with Crippen LogP contribution >= 0.6 is 27.5 Å². The van der Waals surface area contributed by atoms with Gasteiger partial charge in [0.25, 0.3) is 5.91 Å². The van der Waals surface area contributed by atoms with Crippen LogP contribution in [0.1, 0.15) is 27.6 Å².